The molecule has 0 unspecified atom stereocenters. The first kappa shape index (κ1) is 15.4. The van der Waals surface area contributed by atoms with Gasteiger partial charge in [0.1, 0.15) is 5.75 Å². The zero-order valence-corrected chi connectivity index (χ0v) is 14.4. The second-order valence-corrected chi connectivity index (χ2v) is 5.76. The van der Waals surface area contributed by atoms with E-state index in [-0.39, 0.29) is 0 Å². The molecule has 0 aliphatic heterocycles. The lowest BCUT2D eigenvalue weighted by molar-refractivity contribution is 0.302. The van der Waals surface area contributed by atoms with Crippen molar-refractivity contribution in [1.29, 1.82) is 0 Å². The van der Waals surface area contributed by atoms with Gasteiger partial charge >= 0.3 is 0 Å². The molecule has 0 spiro atoms. The molecule has 0 aromatic heterocycles. The number of hydrogen-bond donors (Lipinski definition) is 0. The normalized spacial score (nSPS) is 10.3. The second kappa shape index (κ2) is 7.70. The number of ether oxygens (including phenoxy) is 2. The van der Waals surface area contributed by atoms with Gasteiger partial charge in [0, 0.05) is 15.4 Å². The Morgan fingerprint density at radius 2 is 1.75 bits per heavy atom. The molecular weight excluding hydrogens is 384 g/mol. The molecule has 0 aliphatic rings. The zero-order chi connectivity index (χ0) is 14.4. The molecule has 0 bridgehead atoms. The Morgan fingerprint density at radius 3 is 2.45 bits per heavy atom. The summed E-state index contributed by atoms with van der Waals surface area (Å²) in [4.78, 5) is 0. The molecule has 2 rings (SSSR count). The topological polar surface area (TPSA) is 18.5 Å². The van der Waals surface area contributed by atoms with Crippen LogP contribution in [0.3, 0.4) is 0 Å². The van der Waals surface area contributed by atoms with Crippen LogP contribution in [0.1, 0.15) is 18.9 Å². The summed E-state index contributed by atoms with van der Waals surface area (Å²) in [5.74, 6) is 2.35. The average Bonchev–Trinajstić information content (AvgIpc) is 2.48. The van der Waals surface area contributed by atoms with Crippen LogP contribution in [0.5, 0.6) is 17.2 Å². The lowest BCUT2D eigenvalue weighted by atomic mass is 10.2. The highest BCUT2D eigenvalue weighted by Crippen LogP contribution is 2.34. The maximum atomic E-state index is 6.01. The largest absolute Gasteiger partial charge is 0.490 e. The molecule has 0 aliphatic carbocycles. The first-order chi connectivity index (χ1) is 9.74. The lowest BCUT2D eigenvalue weighted by Crippen LogP contribution is -1.98. The molecular formula is C16H16Br2O2. The van der Waals surface area contributed by atoms with E-state index in [0.717, 1.165) is 39.0 Å². The highest BCUT2D eigenvalue weighted by molar-refractivity contribution is 9.10. The molecule has 0 saturated carbocycles. The van der Waals surface area contributed by atoms with Gasteiger partial charge in [-0.25, -0.2) is 0 Å². The third kappa shape index (κ3) is 4.00. The summed E-state index contributed by atoms with van der Waals surface area (Å²) in [6.07, 6.45) is 0.971. The number of para-hydroxylation sites is 2. The SMILES string of the molecule is CCCOc1ccccc1Oc1ccc(Br)cc1CBr. The van der Waals surface area contributed by atoms with Gasteiger partial charge in [0.25, 0.3) is 0 Å². The van der Waals surface area contributed by atoms with Gasteiger partial charge in [0.2, 0.25) is 0 Å². The molecule has 0 atom stereocenters. The van der Waals surface area contributed by atoms with Crippen molar-refractivity contribution in [2.24, 2.45) is 0 Å². The fraction of sp³-hybridized carbons (Fsp3) is 0.250. The predicted molar refractivity (Wildman–Crippen MR) is 89.1 cm³/mol. The van der Waals surface area contributed by atoms with Crippen LogP contribution in [0, 0.1) is 0 Å². The fourth-order valence-corrected chi connectivity index (χ4v) is 2.58. The molecule has 106 valence electrons. The van der Waals surface area contributed by atoms with Crippen LogP contribution >= 0.6 is 31.9 Å². The highest BCUT2D eigenvalue weighted by atomic mass is 79.9. The van der Waals surface area contributed by atoms with E-state index in [1.54, 1.807) is 0 Å². The Hall–Kier alpha value is -1.000. The summed E-state index contributed by atoms with van der Waals surface area (Å²) >= 11 is 6.95. The van der Waals surface area contributed by atoms with E-state index >= 15 is 0 Å². The van der Waals surface area contributed by atoms with Crippen molar-refractivity contribution in [3.05, 3.63) is 52.5 Å². The fourth-order valence-electron chi connectivity index (χ4n) is 1.74. The quantitative estimate of drug-likeness (QED) is 0.560. The van der Waals surface area contributed by atoms with E-state index < -0.39 is 0 Å². The standard InChI is InChI=1S/C16H16Br2O2/c1-2-9-19-15-5-3-4-6-16(15)20-14-8-7-13(18)10-12(14)11-17/h3-8,10H,2,9,11H2,1H3. The van der Waals surface area contributed by atoms with E-state index in [0.29, 0.717) is 6.61 Å². The minimum absolute atomic E-state index is 0.687. The summed E-state index contributed by atoms with van der Waals surface area (Å²) in [6.45, 7) is 2.77. The van der Waals surface area contributed by atoms with Crippen molar-refractivity contribution >= 4 is 31.9 Å². The predicted octanol–water partition coefficient (Wildman–Crippen LogP) is 5.93. The molecule has 0 amide bonds. The number of hydrogen-bond acceptors (Lipinski definition) is 2. The zero-order valence-electron chi connectivity index (χ0n) is 11.2. The van der Waals surface area contributed by atoms with Crippen molar-refractivity contribution in [2.45, 2.75) is 18.7 Å². The highest BCUT2D eigenvalue weighted by Gasteiger charge is 2.09. The van der Waals surface area contributed by atoms with Crippen LogP contribution in [-0.2, 0) is 5.33 Å². The van der Waals surface area contributed by atoms with Crippen LogP contribution in [0.25, 0.3) is 0 Å². The summed E-state index contributed by atoms with van der Waals surface area (Å²) in [7, 11) is 0. The van der Waals surface area contributed by atoms with Crippen molar-refractivity contribution < 1.29 is 9.47 Å². The Morgan fingerprint density at radius 1 is 1.00 bits per heavy atom. The Labute approximate surface area is 136 Å². The van der Waals surface area contributed by atoms with Crippen molar-refractivity contribution in [3.8, 4) is 17.2 Å². The molecule has 4 heteroatoms. The Kier molecular flexibility index (Phi) is 5.92. The number of rotatable bonds is 6. The van der Waals surface area contributed by atoms with Gasteiger partial charge in [-0.1, -0.05) is 50.9 Å². The molecule has 2 aromatic rings. The molecule has 0 saturated heterocycles. The van der Waals surface area contributed by atoms with E-state index in [1.165, 1.54) is 0 Å². The van der Waals surface area contributed by atoms with Crippen molar-refractivity contribution in [3.63, 3.8) is 0 Å². The maximum absolute atomic E-state index is 6.01. The van der Waals surface area contributed by atoms with E-state index in [4.69, 9.17) is 9.47 Å². The van der Waals surface area contributed by atoms with E-state index in [2.05, 4.69) is 38.8 Å². The van der Waals surface area contributed by atoms with Gasteiger partial charge in [-0.3, -0.25) is 0 Å². The van der Waals surface area contributed by atoms with Gasteiger partial charge in [-0.2, -0.15) is 0 Å². The molecule has 0 fully saturated rings. The van der Waals surface area contributed by atoms with E-state index in [9.17, 15) is 0 Å². The van der Waals surface area contributed by atoms with Crippen LogP contribution in [-0.4, -0.2) is 6.61 Å². The molecule has 0 heterocycles. The molecule has 2 aromatic carbocycles. The maximum Gasteiger partial charge on any atom is 0.169 e. The minimum atomic E-state index is 0.687. The third-order valence-corrected chi connectivity index (χ3v) is 3.79. The first-order valence-corrected chi connectivity index (χ1v) is 8.40. The van der Waals surface area contributed by atoms with Gasteiger partial charge in [-0.05, 0) is 36.8 Å². The molecule has 0 N–H and O–H groups in total. The van der Waals surface area contributed by atoms with Crippen LogP contribution in [0.4, 0.5) is 0 Å². The Balaban J connectivity index is 2.25. The summed E-state index contributed by atoms with van der Waals surface area (Å²) < 4.78 is 12.8. The third-order valence-electron chi connectivity index (χ3n) is 2.70. The Bertz CT molecular complexity index is 570. The summed E-state index contributed by atoms with van der Waals surface area (Å²) in [5.41, 5.74) is 1.09. The molecule has 20 heavy (non-hydrogen) atoms. The van der Waals surface area contributed by atoms with Crippen molar-refractivity contribution in [2.75, 3.05) is 6.61 Å². The second-order valence-electron chi connectivity index (χ2n) is 4.28. The lowest BCUT2D eigenvalue weighted by Gasteiger charge is -2.14. The minimum Gasteiger partial charge on any atom is -0.490 e. The molecule has 0 radical (unpaired) electrons. The van der Waals surface area contributed by atoms with E-state index in [1.807, 2.05) is 42.5 Å². The number of benzene rings is 2. The van der Waals surface area contributed by atoms with Crippen molar-refractivity contribution in [1.82, 2.24) is 0 Å². The van der Waals surface area contributed by atoms with Gasteiger partial charge < -0.3 is 9.47 Å². The van der Waals surface area contributed by atoms with Crippen LogP contribution in [0.2, 0.25) is 0 Å². The van der Waals surface area contributed by atoms with Crippen LogP contribution < -0.4 is 9.47 Å². The van der Waals surface area contributed by atoms with Gasteiger partial charge in [0.15, 0.2) is 11.5 Å². The van der Waals surface area contributed by atoms with Gasteiger partial charge in [-0.15, -0.1) is 0 Å². The smallest absolute Gasteiger partial charge is 0.169 e. The number of halogens is 2. The molecule has 2 nitrogen and oxygen atoms in total. The first-order valence-electron chi connectivity index (χ1n) is 6.48. The van der Waals surface area contributed by atoms with Gasteiger partial charge in [0.05, 0.1) is 6.61 Å². The summed E-state index contributed by atoms with van der Waals surface area (Å²) in [5, 5.41) is 0.736. The number of alkyl halides is 1. The monoisotopic (exact) mass is 398 g/mol. The summed E-state index contributed by atoms with van der Waals surface area (Å²) in [6, 6.07) is 13.7. The average molecular weight is 400 g/mol. The van der Waals surface area contributed by atoms with Crippen LogP contribution in [0.15, 0.2) is 46.9 Å².